The number of hydrogen-bond donors (Lipinski definition) is 0. The lowest BCUT2D eigenvalue weighted by molar-refractivity contribution is -0.119. The number of halogens is 2. The molecule has 3 nitrogen and oxygen atoms in total. The molecule has 0 aliphatic carbocycles. The number of carbonyl (C=O) groups excluding carboxylic acids is 1. The molecule has 0 unspecified atom stereocenters. The van der Waals surface area contributed by atoms with Gasteiger partial charge in [-0.1, -0.05) is 11.6 Å². The standard InChI is InChI=1S/C12H13ClFNO2/c1-17-12-7-11(10(14)6-9(12)13)15-4-2-8(16)3-5-15/h6-7H,2-5H2,1H3. The van der Waals surface area contributed by atoms with Crippen molar-refractivity contribution in [2.45, 2.75) is 12.8 Å². The minimum atomic E-state index is -0.384. The zero-order chi connectivity index (χ0) is 12.4. The first-order valence-electron chi connectivity index (χ1n) is 5.41. The molecular weight excluding hydrogens is 245 g/mol. The molecule has 1 aromatic carbocycles. The first-order chi connectivity index (χ1) is 8.11. The number of benzene rings is 1. The van der Waals surface area contributed by atoms with E-state index < -0.39 is 0 Å². The number of piperidine rings is 1. The van der Waals surface area contributed by atoms with Gasteiger partial charge < -0.3 is 9.64 Å². The summed E-state index contributed by atoms with van der Waals surface area (Å²) < 4.78 is 18.8. The first kappa shape index (κ1) is 12.2. The highest BCUT2D eigenvalue weighted by molar-refractivity contribution is 6.32. The van der Waals surface area contributed by atoms with E-state index in [2.05, 4.69) is 0 Å². The Morgan fingerprint density at radius 3 is 2.59 bits per heavy atom. The van der Waals surface area contributed by atoms with Crippen LogP contribution >= 0.6 is 11.6 Å². The molecule has 1 aliphatic rings. The molecule has 0 saturated carbocycles. The minimum absolute atomic E-state index is 0.225. The van der Waals surface area contributed by atoms with Crippen LogP contribution in [-0.4, -0.2) is 26.0 Å². The van der Waals surface area contributed by atoms with Gasteiger partial charge in [0.2, 0.25) is 0 Å². The second kappa shape index (κ2) is 4.92. The fraction of sp³-hybridized carbons (Fsp3) is 0.417. The molecule has 2 rings (SSSR count). The molecule has 1 heterocycles. The lowest BCUT2D eigenvalue weighted by Gasteiger charge is -2.28. The molecule has 1 aromatic rings. The van der Waals surface area contributed by atoms with Crippen LogP contribution in [0.5, 0.6) is 5.75 Å². The molecule has 1 saturated heterocycles. The number of ketones is 1. The average molecular weight is 258 g/mol. The predicted octanol–water partition coefficient (Wildman–Crippen LogP) is 2.66. The van der Waals surface area contributed by atoms with Crippen LogP contribution in [0.2, 0.25) is 5.02 Å². The summed E-state index contributed by atoms with van der Waals surface area (Å²) in [6, 6.07) is 2.82. The van der Waals surface area contributed by atoms with Crippen LogP contribution < -0.4 is 9.64 Å². The quantitative estimate of drug-likeness (QED) is 0.816. The summed E-state index contributed by atoms with van der Waals surface area (Å²) in [6.07, 6.45) is 0.925. The molecule has 5 heteroatoms. The molecule has 17 heavy (non-hydrogen) atoms. The second-order valence-electron chi connectivity index (χ2n) is 3.96. The van der Waals surface area contributed by atoms with Gasteiger partial charge in [0.15, 0.2) is 0 Å². The van der Waals surface area contributed by atoms with E-state index in [1.54, 1.807) is 6.07 Å². The van der Waals surface area contributed by atoms with Gasteiger partial charge in [-0.2, -0.15) is 0 Å². The van der Waals surface area contributed by atoms with Crippen molar-refractivity contribution < 1.29 is 13.9 Å². The molecule has 92 valence electrons. The van der Waals surface area contributed by atoms with E-state index in [0.717, 1.165) is 0 Å². The number of nitrogens with zero attached hydrogens (tertiary/aromatic N) is 1. The van der Waals surface area contributed by atoms with Gasteiger partial charge in [0.1, 0.15) is 17.3 Å². The van der Waals surface area contributed by atoms with Gasteiger partial charge >= 0.3 is 0 Å². The smallest absolute Gasteiger partial charge is 0.148 e. The number of methoxy groups -OCH3 is 1. The van der Waals surface area contributed by atoms with E-state index in [4.69, 9.17) is 16.3 Å². The summed E-state index contributed by atoms with van der Waals surface area (Å²) >= 11 is 5.83. The largest absolute Gasteiger partial charge is 0.495 e. The molecule has 0 atom stereocenters. The Kier molecular flexibility index (Phi) is 3.52. The molecule has 0 amide bonds. The van der Waals surface area contributed by atoms with E-state index in [0.29, 0.717) is 37.4 Å². The highest BCUT2D eigenvalue weighted by Gasteiger charge is 2.20. The average Bonchev–Trinajstić information content (AvgIpc) is 2.31. The minimum Gasteiger partial charge on any atom is -0.495 e. The van der Waals surface area contributed by atoms with E-state index >= 15 is 0 Å². The van der Waals surface area contributed by atoms with Gasteiger partial charge in [0.05, 0.1) is 17.8 Å². The summed E-state index contributed by atoms with van der Waals surface area (Å²) in [5.41, 5.74) is 0.443. The van der Waals surface area contributed by atoms with Crippen molar-refractivity contribution in [3.05, 3.63) is 23.0 Å². The first-order valence-corrected chi connectivity index (χ1v) is 5.79. The predicted molar refractivity (Wildman–Crippen MR) is 64.4 cm³/mol. The van der Waals surface area contributed by atoms with Crippen LogP contribution in [0.3, 0.4) is 0 Å². The van der Waals surface area contributed by atoms with Crippen molar-refractivity contribution in [3.8, 4) is 5.75 Å². The highest BCUT2D eigenvalue weighted by Crippen LogP contribution is 2.33. The van der Waals surface area contributed by atoms with Gasteiger partial charge in [-0.05, 0) is 6.07 Å². The molecule has 0 aromatic heterocycles. The molecule has 0 radical (unpaired) electrons. The molecule has 0 bridgehead atoms. The van der Waals surface area contributed by atoms with E-state index in [9.17, 15) is 9.18 Å². The molecule has 0 N–H and O–H groups in total. The second-order valence-corrected chi connectivity index (χ2v) is 4.37. The number of ether oxygens (including phenoxy) is 1. The normalized spacial score (nSPS) is 16.2. The monoisotopic (exact) mass is 257 g/mol. The van der Waals surface area contributed by atoms with E-state index in [1.165, 1.54) is 13.2 Å². The van der Waals surface area contributed by atoms with Gasteiger partial charge in [-0.15, -0.1) is 0 Å². The number of carbonyl (C=O) groups is 1. The van der Waals surface area contributed by atoms with Crippen LogP contribution in [0.4, 0.5) is 10.1 Å². The van der Waals surface area contributed by atoms with Crippen molar-refractivity contribution in [3.63, 3.8) is 0 Å². The van der Waals surface area contributed by atoms with Crippen molar-refractivity contribution in [1.82, 2.24) is 0 Å². The molecule has 1 fully saturated rings. The highest BCUT2D eigenvalue weighted by atomic mass is 35.5. The van der Waals surface area contributed by atoms with Crippen molar-refractivity contribution >= 4 is 23.1 Å². The summed E-state index contributed by atoms with van der Waals surface area (Å²) in [4.78, 5) is 13.0. The Morgan fingerprint density at radius 1 is 1.35 bits per heavy atom. The third-order valence-corrected chi connectivity index (χ3v) is 3.18. The lowest BCUT2D eigenvalue weighted by Crippen LogP contribution is -2.34. The summed E-state index contributed by atoms with van der Waals surface area (Å²) in [6.45, 7) is 1.08. The number of hydrogen-bond acceptors (Lipinski definition) is 3. The lowest BCUT2D eigenvalue weighted by atomic mass is 10.1. The van der Waals surface area contributed by atoms with Gasteiger partial charge in [0.25, 0.3) is 0 Å². The Morgan fingerprint density at radius 2 is 2.00 bits per heavy atom. The van der Waals surface area contributed by atoms with Crippen LogP contribution in [0, 0.1) is 5.82 Å². The van der Waals surface area contributed by atoms with Gasteiger partial charge in [-0.3, -0.25) is 4.79 Å². The van der Waals surface area contributed by atoms with Crippen molar-refractivity contribution in [2.24, 2.45) is 0 Å². The van der Waals surface area contributed by atoms with Crippen LogP contribution in [0.15, 0.2) is 12.1 Å². The van der Waals surface area contributed by atoms with Crippen LogP contribution in [-0.2, 0) is 4.79 Å². The maximum Gasteiger partial charge on any atom is 0.148 e. The number of anilines is 1. The Labute approximate surface area is 104 Å². The van der Waals surface area contributed by atoms with Crippen LogP contribution in [0.1, 0.15) is 12.8 Å². The van der Waals surface area contributed by atoms with Gasteiger partial charge in [0, 0.05) is 32.0 Å². The summed E-state index contributed by atoms with van der Waals surface area (Å²) in [5.74, 6) is 0.285. The Bertz CT molecular complexity index is 440. The summed E-state index contributed by atoms with van der Waals surface area (Å²) in [7, 11) is 1.49. The van der Waals surface area contributed by atoms with E-state index in [1.807, 2.05) is 4.90 Å². The molecule has 0 spiro atoms. The maximum atomic E-state index is 13.8. The maximum absolute atomic E-state index is 13.8. The topological polar surface area (TPSA) is 29.5 Å². The molecular formula is C12H13ClFNO2. The number of Topliss-reactive ketones (excluding diaryl/α,β-unsaturated/α-hetero) is 1. The van der Waals surface area contributed by atoms with E-state index in [-0.39, 0.29) is 16.6 Å². The molecule has 1 aliphatic heterocycles. The summed E-state index contributed by atoms with van der Waals surface area (Å²) in [5, 5.41) is 0.252. The van der Waals surface area contributed by atoms with Crippen LogP contribution in [0.25, 0.3) is 0 Å². The fourth-order valence-corrected chi connectivity index (χ4v) is 2.14. The SMILES string of the molecule is COc1cc(N2CCC(=O)CC2)c(F)cc1Cl. The zero-order valence-electron chi connectivity index (χ0n) is 9.50. The third-order valence-electron chi connectivity index (χ3n) is 2.88. The third kappa shape index (κ3) is 2.52. The Balaban J connectivity index is 2.28. The Hall–Kier alpha value is -1.29. The number of rotatable bonds is 2. The fourth-order valence-electron chi connectivity index (χ4n) is 1.91. The van der Waals surface area contributed by atoms with Gasteiger partial charge in [-0.25, -0.2) is 4.39 Å². The van der Waals surface area contributed by atoms with Crippen molar-refractivity contribution in [1.29, 1.82) is 0 Å². The zero-order valence-corrected chi connectivity index (χ0v) is 10.3. The van der Waals surface area contributed by atoms with Crippen molar-refractivity contribution in [2.75, 3.05) is 25.1 Å².